The van der Waals surface area contributed by atoms with Crippen molar-refractivity contribution in [1.29, 1.82) is 0 Å². The first kappa shape index (κ1) is 23.2. The number of aromatic nitrogens is 2. The maximum atomic E-state index is 12.7. The predicted octanol–water partition coefficient (Wildman–Crippen LogP) is 2.23. The molecule has 2 heterocycles. The minimum atomic E-state index is -0.813. The van der Waals surface area contributed by atoms with Gasteiger partial charge in [0.15, 0.2) is 0 Å². The molecule has 0 amide bonds. The van der Waals surface area contributed by atoms with Gasteiger partial charge in [-0.25, -0.2) is 14.4 Å². The molecule has 1 saturated heterocycles. The largest absolute Gasteiger partial charge is 0.459 e. The second-order valence-electron chi connectivity index (χ2n) is 8.01. The van der Waals surface area contributed by atoms with Crippen LogP contribution in [0.15, 0.2) is 76.4 Å². The Morgan fingerprint density at radius 3 is 2.18 bits per heavy atom. The second-order valence-corrected chi connectivity index (χ2v) is 8.01. The lowest BCUT2D eigenvalue weighted by Crippen LogP contribution is -2.40. The average molecular weight is 464 g/mol. The molecule has 0 N–H and O–H groups in total. The van der Waals surface area contributed by atoms with Gasteiger partial charge in [0.25, 0.3) is 5.56 Å². The molecule has 0 spiro atoms. The molecule has 0 unspecified atom stereocenters. The Balaban J connectivity index is 1.56. The van der Waals surface area contributed by atoms with Crippen LogP contribution in [0.3, 0.4) is 0 Å². The van der Waals surface area contributed by atoms with Gasteiger partial charge < -0.3 is 14.2 Å². The molecule has 1 fully saturated rings. The Labute approximate surface area is 195 Å². The van der Waals surface area contributed by atoms with E-state index in [2.05, 4.69) is 0 Å². The molecule has 1 aromatic heterocycles. The Kier molecular flexibility index (Phi) is 6.74. The molecule has 0 aliphatic carbocycles. The molecule has 3 aromatic rings. The first-order chi connectivity index (χ1) is 16.3. The van der Waals surface area contributed by atoms with Crippen molar-refractivity contribution in [2.24, 2.45) is 7.05 Å². The minimum Gasteiger partial charge on any atom is -0.459 e. The summed E-state index contributed by atoms with van der Waals surface area (Å²) < 4.78 is 19.4. The van der Waals surface area contributed by atoms with E-state index in [0.29, 0.717) is 16.7 Å². The fourth-order valence-corrected chi connectivity index (χ4v) is 3.79. The van der Waals surface area contributed by atoms with E-state index < -0.39 is 41.6 Å². The van der Waals surface area contributed by atoms with Crippen molar-refractivity contribution in [2.75, 3.05) is 6.61 Å². The van der Waals surface area contributed by atoms with E-state index in [0.717, 1.165) is 4.57 Å². The summed E-state index contributed by atoms with van der Waals surface area (Å²) >= 11 is 0. The van der Waals surface area contributed by atoms with Gasteiger partial charge in [0, 0.05) is 25.2 Å². The van der Waals surface area contributed by atoms with Crippen molar-refractivity contribution < 1.29 is 23.8 Å². The van der Waals surface area contributed by atoms with Crippen molar-refractivity contribution >= 4 is 11.9 Å². The Morgan fingerprint density at radius 1 is 0.971 bits per heavy atom. The summed E-state index contributed by atoms with van der Waals surface area (Å²) in [4.78, 5) is 49.8. The van der Waals surface area contributed by atoms with Gasteiger partial charge in [-0.15, -0.1) is 0 Å². The third kappa shape index (κ3) is 4.84. The fourth-order valence-electron chi connectivity index (χ4n) is 3.79. The minimum absolute atomic E-state index is 0.143. The molecular formula is C25H24N2O7. The molecule has 34 heavy (non-hydrogen) atoms. The number of nitrogens with zero attached hydrogens (tertiary/aromatic N) is 2. The first-order valence-electron chi connectivity index (χ1n) is 10.8. The van der Waals surface area contributed by atoms with Crippen LogP contribution in [0.5, 0.6) is 0 Å². The number of esters is 2. The van der Waals surface area contributed by atoms with E-state index in [9.17, 15) is 19.2 Å². The van der Waals surface area contributed by atoms with Gasteiger partial charge >= 0.3 is 17.6 Å². The monoisotopic (exact) mass is 464 g/mol. The molecular weight excluding hydrogens is 440 g/mol. The van der Waals surface area contributed by atoms with Gasteiger partial charge in [0.05, 0.1) is 11.1 Å². The number of hydrogen-bond acceptors (Lipinski definition) is 7. The zero-order valence-corrected chi connectivity index (χ0v) is 18.7. The van der Waals surface area contributed by atoms with Crippen LogP contribution in [0.2, 0.25) is 0 Å². The quantitative estimate of drug-likeness (QED) is 0.515. The van der Waals surface area contributed by atoms with E-state index >= 15 is 0 Å². The van der Waals surface area contributed by atoms with E-state index in [-0.39, 0.29) is 13.0 Å². The van der Waals surface area contributed by atoms with E-state index in [1.807, 2.05) is 0 Å². The zero-order chi connectivity index (χ0) is 24.2. The van der Waals surface area contributed by atoms with Gasteiger partial charge in [-0.3, -0.25) is 13.9 Å². The van der Waals surface area contributed by atoms with Crippen LogP contribution in [0.4, 0.5) is 0 Å². The molecule has 0 bridgehead atoms. The number of rotatable bonds is 6. The van der Waals surface area contributed by atoms with Gasteiger partial charge in [-0.2, -0.15) is 0 Å². The molecule has 1 aliphatic heterocycles. The van der Waals surface area contributed by atoms with Crippen molar-refractivity contribution in [3.63, 3.8) is 0 Å². The maximum absolute atomic E-state index is 12.7. The highest BCUT2D eigenvalue weighted by atomic mass is 16.6. The van der Waals surface area contributed by atoms with Crippen LogP contribution in [0, 0.1) is 6.92 Å². The molecule has 176 valence electrons. The topological polar surface area (TPSA) is 106 Å². The molecule has 3 atom stereocenters. The van der Waals surface area contributed by atoms with Crippen LogP contribution in [-0.4, -0.2) is 39.9 Å². The first-order valence-corrected chi connectivity index (χ1v) is 10.8. The van der Waals surface area contributed by atoms with Crippen LogP contribution in [0.25, 0.3) is 0 Å². The number of aryl methyl sites for hydroxylation is 1. The number of ether oxygens (including phenoxy) is 3. The molecule has 2 aromatic carbocycles. The smallest absolute Gasteiger partial charge is 0.338 e. The second kappa shape index (κ2) is 9.88. The summed E-state index contributed by atoms with van der Waals surface area (Å²) in [5.74, 6) is -1.10. The predicted molar refractivity (Wildman–Crippen MR) is 122 cm³/mol. The highest BCUT2D eigenvalue weighted by Crippen LogP contribution is 2.31. The number of carbonyl (C=O) groups excluding carboxylic acids is 2. The van der Waals surface area contributed by atoms with Gasteiger partial charge in [0.2, 0.25) is 0 Å². The van der Waals surface area contributed by atoms with Crippen molar-refractivity contribution in [2.45, 2.75) is 31.8 Å². The highest BCUT2D eigenvalue weighted by Gasteiger charge is 2.40. The lowest BCUT2D eigenvalue weighted by atomic mass is 10.1. The van der Waals surface area contributed by atoms with E-state index in [1.54, 1.807) is 67.6 Å². The summed E-state index contributed by atoms with van der Waals surface area (Å²) in [5, 5.41) is 0. The fraction of sp³-hybridized carbons (Fsp3) is 0.280. The van der Waals surface area contributed by atoms with Gasteiger partial charge in [0.1, 0.15) is 25.0 Å². The Morgan fingerprint density at radius 2 is 1.56 bits per heavy atom. The molecule has 9 nitrogen and oxygen atoms in total. The number of benzene rings is 2. The van der Waals surface area contributed by atoms with E-state index in [1.165, 1.54) is 17.8 Å². The molecule has 1 aliphatic rings. The van der Waals surface area contributed by atoms with E-state index in [4.69, 9.17) is 14.2 Å². The van der Waals surface area contributed by atoms with Crippen molar-refractivity contribution in [1.82, 2.24) is 9.13 Å². The van der Waals surface area contributed by atoms with Crippen LogP contribution < -0.4 is 11.2 Å². The summed E-state index contributed by atoms with van der Waals surface area (Å²) in [7, 11) is 1.38. The normalized spacial score (nSPS) is 19.5. The molecule has 0 radical (unpaired) electrons. The summed E-state index contributed by atoms with van der Waals surface area (Å²) in [6, 6.07) is 16.9. The molecule has 0 saturated carbocycles. The number of carbonyl (C=O) groups is 2. The summed E-state index contributed by atoms with van der Waals surface area (Å²) in [6.07, 6.45) is -0.847. The van der Waals surface area contributed by atoms with Crippen LogP contribution in [-0.2, 0) is 21.3 Å². The Bertz CT molecular complexity index is 1300. The lowest BCUT2D eigenvalue weighted by molar-refractivity contribution is -0.0585. The van der Waals surface area contributed by atoms with Crippen molar-refractivity contribution in [3.05, 3.63) is 104 Å². The summed E-state index contributed by atoms with van der Waals surface area (Å²) in [6.45, 7) is 1.41. The third-order valence-electron chi connectivity index (χ3n) is 5.63. The standard InChI is InChI=1S/C25H24N2O7/c1-16-14-27(25(31)26(2)22(16)28)21-13-19(34-24(30)18-11-7-4-8-12-18)20(33-21)15-32-23(29)17-9-5-3-6-10-17/h3-12,14,19-21H,13,15H2,1-2H3/t19-,20-,21-/m0/s1. The molecule has 4 rings (SSSR count). The zero-order valence-electron chi connectivity index (χ0n) is 18.7. The van der Waals surface area contributed by atoms with Gasteiger partial charge in [-0.1, -0.05) is 36.4 Å². The Hall–Kier alpha value is -3.98. The van der Waals surface area contributed by atoms with Crippen LogP contribution in [0.1, 0.15) is 38.9 Å². The molecule has 9 heteroatoms. The van der Waals surface area contributed by atoms with Crippen LogP contribution >= 0.6 is 0 Å². The highest BCUT2D eigenvalue weighted by molar-refractivity contribution is 5.90. The lowest BCUT2D eigenvalue weighted by Gasteiger charge is -2.19. The van der Waals surface area contributed by atoms with Gasteiger partial charge in [-0.05, 0) is 31.2 Å². The maximum Gasteiger partial charge on any atom is 0.338 e. The average Bonchev–Trinajstić information content (AvgIpc) is 3.26. The number of hydrogen-bond donors (Lipinski definition) is 0. The summed E-state index contributed by atoms with van der Waals surface area (Å²) in [5.41, 5.74) is 0.138. The van der Waals surface area contributed by atoms with Crippen molar-refractivity contribution in [3.8, 4) is 0 Å². The SMILES string of the molecule is Cc1cn([C@@H]2C[C@H](OC(=O)c3ccccc3)[C@H](COC(=O)c3ccccc3)O2)c(=O)n(C)c1=O. The third-order valence-corrected chi connectivity index (χ3v) is 5.63.